The molecule has 2 aliphatic heterocycles. The maximum absolute atomic E-state index is 13.2. The normalized spacial score (nSPS) is 30.4. The van der Waals surface area contributed by atoms with Gasteiger partial charge in [-0.25, -0.2) is 13.1 Å². The second kappa shape index (κ2) is 8.64. The lowest BCUT2D eigenvalue weighted by molar-refractivity contribution is -0.138. The number of hydrogen-bond donors (Lipinski definition) is 1. The number of nitrogens with one attached hydrogen (secondary N) is 1. The maximum Gasteiger partial charge on any atom is 0.240 e. The van der Waals surface area contributed by atoms with Crippen LogP contribution in [-0.4, -0.2) is 37.4 Å². The van der Waals surface area contributed by atoms with E-state index in [-0.39, 0.29) is 17.5 Å². The average molecular weight is 453 g/mol. The Labute approximate surface area is 191 Å². The van der Waals surface area contributed by atoms with Crippen LogP contribution in [0.3, 0.4) is 0 Å². The van der Waals surface area contributed by atoms with Crippen LogP contribution in [0.1, 0.15) is 50.5 Å². The summed E-state index contributed by atoms with van der Waals surface area (Å²) in [6.07, 6.45) is 7.09. The van der Waals surface area contributed by atoms with Gasteiger partial charge in [0.25, 0.3) is 0 Å². The zero-order valence-corrected chi connectivity index (χ0v) is 19.3. The summed E-state index contributed by atoms with van der Waals surface area (Å²) in [5.74, 6) is 0.775. The Bertz CT molecular complexity index is 1060. The Morgan fingerprint density at radius 1 is 0.938 bits per heavy atom. The second-order valence-corrected chi connectivity index (χ2v) is 11.4. The molecule has 5 nitrogen and oxygen atoms in total. The lowest BCUT2D eigenvalue weighted by Crippen LogP contribution is -2.60. The second-order valence-electron chi connectivity index (χ2n) is 9.68. The molecule has 6 heteroatoms. The summed E-state index contributed by atoms with van der Waals surface area (Å²) in [4.78, 5) is 15.4. The van der Waals surface area contributed by atoms with Gasteiger partial charge in [-0.2, -0.15) is 0 Å². The van der Waals surface area contributed by atoms with Crippen molar-refractivity contribution in [1.82, 2.24) is 9.62 Å². The highest BCUT2D eigenvalue weighted by atomic mass is 32.2. The van der Waals surface area contributed by atoms with Gasteiger partial charge in [-0.3, -0.25) is 4.79 Å². The Morgan fingerprint density at radius 2 is 1.66 bits per heavy atom. The Kier molecular flexibility index (Phi) is 5.84. The van der Waals surface area contributed by atoms with Crippen molar-refractivity contribution in [2.24, 2.45) is 11.8 Å². The average Bonchev–Trinajstić information content (AvgIpc) is 3.17. The van der Waals surface area contributed by atoms with Crippen LogP contribution in [-0.2, 0) is 21.2 Å². The fourth-order valence-corrected chi connectivity index (χ4v) is 8.02. The highest BCUT2D eigenvalue weighted by molar-refractivity contribution is 7.89. The number of benzene rings is 2. The SMILES string of the molecule is O=C1CCC[C@H]2[C@@H](Cc3ccccc3)[C@@H](NS(=O)(=O)c3ccccc3)CC[C@]23CCCN13. The van der Waals surface area contributed by atoms with Crippen molar-refractivity contribution in [3.05, 3.63) is 66.2 Å². The zero-order chi connectivity index (χ0) is 22.2. The molecule has 32 heavy (non-hydrogen) atoms. The lowest BCUT2D eigenvalue weighted by atomic mass is 9.61. The van der Waals surface area contributed by atoms with Gasteiger partial charge in [0, 0.05) is 24.5 Å². The van der Waals surface area contributed by atoms with Crippen LogP contribution in [0.5, 0.6) is 0 Å². The molecule has 1 N–H and O–H groups in total. The zero-order valence-electron chi connectivity index (χ0n) is 18.4. The van der Waals surface area contributed by atoms with Gasteiger partial charge < -0.3 is 4.90 Å². The largest absolute Gasteiger partial charge is 0.337 e. The fraction of sp³-hybridized carbons (Fsp3) is 0.500. The molecule has 0 aromatic heterocycles. The van der Waals surface area contributed by atoms with Crippen molar-refractivity contribution in [1.29, 1.82) is 0 Å². The van der Waals surface area contributed by atoms with E-state index in [0.717, 1.165) is 51.5 Å². The van der Waals surface area contributed by atoms with Gasteiger partial charge in [-0.15, -0.1) is 0 Å². The third kappa shape index (κ3) is 3.88. The molecular weight excluding hydrogens is 420 g/mol. The van der Waals surface area contributed by atoms with Gasteiger partial charge in [0.05, 0.1) is 4.90 Å². The third-order valence-corrected chi connectivity index (χ3v) is 9.53. The summed E-state index contributed by atoms with van der Waals surface area (Å²) in [7, 11) is -3.60. The molecule has 170 valence electrons. The summed E-state index contributed by atoms with van der Waals surface area (Å²) in [5, 5.41) is 0. The predicted octanol–water partition coefficient (Wildman–Crippen LogP) is 4.15. The number of carbonyl (C=O) groups excluding carboxylic acids is 1. The number of nitrogens with zero attached hydrogens (tertiary/aromatic N) is 1. The quantitative estimate of drug-likeness (QED) is 0.741. The highest BCUT2D eigenvalue weighted by Crippen LogP contribution is 2.52. The van der Waals surface area contributed by atoms with Gasteiger partial charge in [0.15, 0.2) is 0 Å². The predicted molar refractivity (Wildman–Crippen MR) is 124 cm³/mol. The smallest absolute Gasteiger partial charge is 0.240 e. The molecule has 1 amide bonds. The van der Waals surface area contributed by atoms with Crippen LogP contribution in [0.2, 0.25) is 0 Å². The first kappa shape index (κ1) is 21.7. The summed E-state index contributed by atoms with van der Waals surface area (Å²) < 4.78 is 29.5. The number of sulfonamides is 1. The monoisotopic (exact) mass is 452 g/mol. The van der Waals surface area contributed by atoms with E-state index >= 15 is 0 Å². The maximum atomic E-state index is 13.2. The molecule has 5 rings (SSSR count). The first-order valence-electron chi connectivity index (χ1n) is 11.9. The topological polar surface area (TPSA) is 66.5 Å². The number of amides is 1. The molecular formula is C26H32N2O3S. The molecule has 2 saturated heterocycles. The van der Waals surface area contributed by atoms with E-state index in [1.54, 1.807) is 24.3 Å². The molecule has 1 aliphatic carbocycles. The van der Waals surface area contributed by atoms with Crippen molar-refractivity contribution in [3.8, 4) is 0 Å². The van der Waals surface area contributed by atoms with Gasteiger partial charge in [-0.05, 0) is 74.5 Å². The number of carbonyl (C=O) groups is 1. The number of rotatable bonds is 5. The first-order valence-corrected chi connectivity index (χ1v) is 13.4. The molecule has 0 bridgehead atoms. The van der Waals surface area contributed by atoms with Crippen molar-refractivity contribution < 1.29 is 13.2 Å². The number of hydrogen-bond acceptors (Lipinski definition) is 3. The molecule has 4 atom stereocenters. The van der Waals surface area contributed by atoms with Crippen molar-refractivity contribution in [3.63, 3.8) is 0 Å². The molecule has 0 radical (unpaired) electrons. The molecule has 3 aliphatic rings. The molecule has 2 aromatic carbocycles. The lowest BCUT2D eigenvalue weighted by Gasteiger charge is -2.53. The molecule has 3 fully saturated rings. The van der Waals surface area contributed by atoms with E-state index in [1.807, 2.05) is 12.1 Å². The van der Waals surface area contributed by atoms with Crippen molar-refractivity contribution >= 4 is 15.9 Å². The van der Waals surface area contributed by atoms with E-state index in [0.29, 0.717) is 23.1 Å². The molecule has 0 unspecified atom stereocenters. The van der Waals surface area contributed by atoms with E-state index in [9.17, 15) is 13.2 Å². The van der Waals surface area contributed by atoms with Crippen LogP contribution in [0, 0.1) is 11.8 Å². The van der Waals surface area contributed by atoms with E-state index in [1.165, 1.54) is 5.56 Å². The summed E-state index contributed by atoms with van der Waals surface area (Å²) in [6, 6.07) is 18.9. The van der Waals surface area contributed by atoms with E-state index < -0.39 is 10.0 Å². The van der Waals surface area contributed by atoms with E-state index in [4.69, 9.17) is 0 Å². The standard InChI is InChI=1S/C26H32N2O3S/c29-25-14-7-13-23-22(19-20-9-3-1-4-10-20)24(15-17-26(23)16-8-18-28(25)26)27-32(30,31)21-11-5-2-6-12-21/h1-6,9-12,22-24,27H,7-8,13-19H2/t22-,23+,24+,26-/m1/s1. The van der Waals surface area contributed by atoms with Crippen LogP contribution in [0.4, 0.5) is 0 Å². The minimum atomic E-state index is -3.60. The highest BCUT2D eigenvalue weighted by Gasteiger charge is 2.56. The van der Waals surface area contributed by atoms with Gasteiger partial charge >= 0.3 is 0 Å². The van der Waals surface area contributed by atoms with Crippen LogP contribution < -0.4 is 4.72 Å². The minimum Gasteiger partial charge on any atom is -0.337 e. The summed E-state index contributed by atoms with van der Waals surface area (Å²) in [5.41, 5.74) is 1.14. The van der Waals surface area contributed by atoms with Crippen molar-refractivity contribution in [2.45, 2.75) is 67.8 Å². The van der Waals surface area contributed by atoms with Crippen molar-refractivity contribution in [2.75, 3.05) is 6.54 Å². The van der Waals surface area contributed by atoms with Crippen LogP contribution in [0.15, 0.2) is 65.6 Å². The molecule has 1 spiro atoms. The van der Waals surface area contributed by atoms with Gasteiger partial charge in [-0.1, -0.05) is 48.5 Å². The molecule has 1 saturated carbocycles. The Balaban J connectivity index is 1.50. The van der Waals surface area contributed by atoms with Crippen LogP contribution >= 0.6 is 0 Å². The first-order chi connectivity index (χ1) is 15.5. The van der Waals surface area contributed by atoms with Gasteiger partial charge in [0.1, 0.15) is 0 Å². The Hall–Kier alpha value is -2.18. The minimum absolute atomic E-state index is 0.0955. The molecule has 2 aromatic rings. The summed E-state index contributed by atoms with van der Waals surface area (Å²) in [6.45, 7) is 0.855. The fourth-order valence-electron chi connectivity index (χ4n) is 6.68. The van der Waals surface area contributed by atoms with Crippen LogP contribution in [0.25, 0.3) is 0 Å². The third-order valence-electron chi connectivity index (χ3n) is 8.02. The Morgan fingerprint density at radius 3 is 2.41 bits per heavy atom. The van der Waals surface area contributed by atoms with Gasteiger partial charge in [0.2, 0.25) is 15.9 Å². The summed E-state index contributed by atoms with van der Waals surface area (Å²) >= 11 is 0. The van der Waals surface area contributed by atoms with E-state index in [2.05, 4.69) is 33.9 Å². The molecule has 2 heterocycles.